The van der Waals surface area contributed by atoms with Gasteiger partial charge in [0, 0.05) is 55.9 Å². The molecule has 1 atom stereocenters. The smallest absolute Gasteiger partial charge is 0.320 e. The summed E-state index contributed by atoms with van der Waals surface area (Å²) in [5.74, 6) is 0.875. The lowest BCUT2D eigenvalue weighted by Gasteiger charge is -2.45. The number of carbonyl (C=O) groups excluding carboxylic acids is 2. The number of rotatable bonds is 11. The van der Waals surface area contributed by atoms with Crippen LogP contribution in [0.2, 0.25) is 5.02 Å². The number of hydrogen-bond acceptors (Lipinski definition) is 4. The van der Waals surface area contributed by atoms with Crippen LogP contribution >= 0.6 is 24.0 Å². The second-order valence-electron chi connectivity index (χ2n) is 13.2. The minimum Gasteiger partial charge on any atom is -0.341 e. The molecule has 0 bridgehead atoms. The third-order valence-corrected chi connectivity index (χ3v) is 9.94. The van der Waals surface area contributed by atoms with Gasteiger partial charge < -0.3 is 24.9 Å². The van der Waals surface area contributed by atoms with Crippen LogP contribution in [0.1, 0.15) is 91.0 Å². The van der Waals surface area contributed by atoms with Gasteiger partial charge in [0.2, 0.25) is 5.91 Å². The number of benzene rings is 1. The van der Waals surface area contributed by atoms with E-state index >= 15 is 0 Å². The molecule has 1 aromatic carbocycles. The molecule has 0 aromatic heterocycles. The molecule has 244 valence electrons. The molecular formula is C34H57Cl2N5O2. The first-order valence-electron chi connectivity index (χ1n) is 16.9. The predicted molar refractivity (Wildman–Crippen MR) is 180 cm³/mol. The van der Waals surface area contributed by atoms with Gasteiger partial charge in [0.05, 0.1) is 6.04 Å². The van der Waals surface area contributed by atoms with E-state index in [0.29, 0.717) is 37.5 Å². The Labute approximate surface area is 272 Å². The van der Waals surface area contributed by atoms with E-state index in [2.05, 4.69) is 47.7 Å². The Kier molecular flexibility index (Phi) is 14.9. The highest BCUT2D eigenvalue weighted by atomic mass is 35.5. The SMILES string of the molecule is CCN(CC)C(=O)N(C1CCCCC1)C1CCN(C(=O)[C@@H](Cc2ccc(Cl)cc2)NC2CCN(CC(C)C)CC2)CC1.Cl. The topological polar surface area (TPSA) is 59.1 Å². The molecule has 1 saturated carbocycles. The zero-order valence-corrected chi connectivity index (χ0v) is 28.7. The summed E-state index contributed by atoms with van der Waals surface area (Å²) >= 11 is 6.17. The molecule has 43 heavy (non-hydrogen) atoms. The number of urea groups is 1. The highest BCUT2D eigenvalue weighted by molar-refractivity contribution is 6.30. The van der Waals surface area contributed by atoms with Crippen LogP contribution in [0.15, 0.2) is 24.3 Å². The minimum absolute atomic E-state index is 0. The van der Waals surface area contributed by atoms with Crippen molar-refractivity contribution >= 4 is 35.9 Å². The van der Waals surface area contributed by atoms with Crippen LogP contribution in [-0.4, -0.2) is 102 Å². The van der Waals surface area contributed by atoms with Gasteiger partial charge in [-0.05, 0) is 95.5 Å². The van der Waals surface area contributed by atoms with E-state index in [1.165, 1.54) is 19.3 Å². The standard InChI is InChI=1S/C34H56ClN5O2.ClH/c1-5-38(6-2)34(42)40(30-10-8-7-9-11-30)31-18-22-39(23-19-31)33(41)32(24-27-12-14-28(35)15-13-27)36-29-16-20-37(21-17-29)25-26(3)4;/h12-15,26,29-32,36H,5-11,16-25H2,1-4H3;1H/t32-;/m1./s1. The second-order valence-corrected chi connectivity index (χ2v) is 13.7. The molecule has 4 rings (SSSR count). The number of hydrogen-bond donors (Lipinski definition) is 1. The number of amides is 3. The Morgan fingerprint density at radius 1 is 0.884 bits per heavy atom. The Morgan fingerprint density at radius 2 is 1.47 bits per heavy atom. The molecule has 0 radical (unpaired) electrons. The molecule has 3 fully saturated rings. The van der Waals surface area contributed by atoms with E-state index in [1.54, 1.807) is 0 Å². The van der Waals surface area contributed by atoms with Gasteiger partial charge in [-0.2, -0.15) is 0 Å². The van der Waals surface area contributed by atoms with Gasteiger partial charge in [0.1, 0.15) is 0 Å². The third kappa shape index (κ3) is 10.2. The fraction of sp³-hybridized carbons (Fsp3) is 0.765. The van der Waals surface area contributed by atoms with Crippen molar-refractivity contribution < 1.29 is 9.59 Å². The van der Waals surface area contributed by atoms with Crippen LogP contribution in [0, 0.1) is 5.92 Å². The number of piperidine rings is 2. The number of nitrogens with one attached hydrogen (secondary N) is 1. The average Bonchev–Trinajstić information content (AvgIpc) is 3.00. The van der Waals surface area contributed by atoms with E-state index in [0.717, 1.165) is 81.8 Å². The lowest BCUT2D eigenvalue weighted by molar-refractivity contribution is -0.135. The van der Waals surface area contributed by atoms with Gasteiger partial charge in [0.15, 0.2) is 0 Å². The average molecular weight is 639 g/mol. The highest BCUT2D eigenvalue weighted by Gasteiger charge is 2.37. The van der Waals surface area contributed by atoms with Gasteiger partial charge in [-0.1, -0.05) is 56.8 Å². The number of carbonyl (C=O) groups is 2. The molecule has 1 N–H and O–H groups in total. The lowest BCUT2D eigenvalue weighted by Crippen LogP contribution is -2.58. The molecule has 2 heterocycles. The van der Waals surface area contributed by atoms with E-state index in [4.69, 9.17) is 11.6 Å². The van der Waals surface area contributed by atoms with Crippen molar-refractivity contribution in [2.75, 3.05) is 45.8 Å². The first-order chi connectivity index (χ1) is 20.3. The maximum Gasteiger partial charge on any atom is 0.320 e. The molecule has 2 aliphatic heterocycles. The zero-order chi connectivity index (χ0) is 30.1. The maximum absolute atomic E-state index is 14.1. The minimum atomic E-state index is -0.254. The molecular weight excluding hydrogens is 581 g/mol. The van der Waals surface area contributed by atoms with Gasteiger partial charge in [-0.25, -0.2) is 4.79 Å². The Balaban J connectivity index is 0.00000506. The summed E-state index contributed by atoms with van der Waals surface area (Å²) in [4.78, 5) is 36.7. The summed E-state index contributed by atoms with van der Waals surface area (Å²) < 4.78 is 0. The molecule has 0 unspecified atom stereocenters. The quantitative estimate of drug-likeness (QED) is 0.302. The van der Waals surface area contributed by atoms with E-state index in [-0.39, 0.29) is 36.4 Å². The molecule has 1 aliphatic carbocycles. The Hall–Kier alpha value is -1.54. The van der Waals surface area contributed by atoms with Crippen LogP contribution in [0.5, 0.6) is 0 Å². The zero-order valence-electron chi connectivity index (χ0n) is 27.1. The van der Waals surface area contributed by atoms with Crippen LogP contribution < -0.4 is 5.32 Å². The fourth-order valence-electron chi connectivity index (χ4n) is 7.37. The summed E-state index contributed by atoms with van der Waals surface area (Å²) in [6.07, 6.45) is 10.4. The molecule has 0 spiro atoms. The summed E-state index contributed by atoms with van der Waals surface area (Å²) in [7, 11) is 0. The molecule has 9 heteroatoms. The summed E-state index contributed by atoms with van der Waals surface area (Å²) in [5.41, 5.74) is 1.13. The first kappa shape index (κ1) is 35.9. The maximum atomic E-state index is 14.1. The van der Waals surface area contributed by atoms with Crippen molar-refractivity contribution in [3.8, 4) is 0 Å². The summed E-state index contributed by atoms with van der Waals surface area (Å²) in [5, 5.41) is 4.52. The fourth-order valence-corrected chi connectivity index (χ4v) is 7.49. The monoisotopic (exact) mass is 637 g/mol. The number of likely N-dealkylation sites (tertiary alicyclic amines) is 2. The summed E-state index contributed by atoms with van der Waals surface area (Å²) in [6, 6.07) is 8.76. The van der Waals surface area contributed by atoms with Gasteiger partial charge in [-0.3, -0.25) is 4.79 Å². The van der Waals surface area contributed by atoms with E-state index < -0.39 is 0 Å². The van der Waals surface area contributed by atoms with Crippen LogP contribution in [0.4, 0.5) is 4.79 Å². The summed E-state index contributed by atoms with van der Waals surface area (Å²) in [6.45, 7) is 14.9. The second kappa shape index (κ2) is 17.8. The van der Waals surface area contributed by atoms with E-state index in [9.17, 15) is 9.59 Å². The van der Waals surface area contributed by atoms with Crippen molar-refractivity contribution in [2.24, 2.45) is 5.92 Å². The first-order valence-corrected chi connectivity index (χ1v) is 17.3. The third-order valence-electron chi connectivity index (χ3n) is 9.69. The lowest BCUT2D eigenvalue weighted by atomic mass is 9.91. The molecule has 2 saturated heterocycles. The van der Waals surface area contributed by atoms with Crippen molar-refractivity contribution in [3.05, 3.63) is 34.9 Å². The van der Waals surface area contributed by atoms with Crippen LogP contribution in [0.25, 0.3) is 0 Å². The predicted octanol–water partition coefficient (Wildman–Crippen LogP) is 6.47. The van der Waals surface area contributed by atoms with Gasteiger partial charge >= 0.3 is 6.03 Å². The van der Waals surface area contributed by atoms with Crippen molar-refractivity contribution in [1.82, 2.24) is 24.9 Å². The highest BCUT2D eigenvalue weighted by Crippen LogP contribution is 2.29. The Morgan fingerprint density at radius 3 is 2.02 bits per heavy atom. The largest absolute Gasteiger partial charge is 0.341 e. The van der Waals surface area contributed by atoms with Crippen molar-refractivity contribution in [3.63, 3.8) is 0 Å². The van der Waals surface area contributed by atoms with Crippen molar-refractivity contribution in [2.45, 2.75) is 116 Å². The number of nitrogens with zero attached hydrogens (tertiary/aromatic N) is 4. The molecule has 1 aromatic rings. The van der Waals surface area contributed by atoms with Crippen LogP contribution in [-0.2, 0) is 11.2 Å². The van der Waals surface area contributed by atoms with E-state index in [1.807, 2.05) is 29.2 Å². The van der Waals surface area contributed by atoms with Crippen LogP contribution in [0.3, 0.4) is 0 Å². The van der Waals surface area contributed by atoms with Gasteiger partial charge in [-0.15, -0.1) is 12.4 Å². The normalized spacial score (nSPS) is 20.1. The van der Waals surface area contributed by atoms with Crippen molar-refractivity contribution in [1.29, 1.82) is 0 Å². The van der Waals surface area contributed by atoms with Gasteiger partial charge in [0.25, 0.3) is 0 Å². The molecule has 3 aliphatic rings. The Bertz CT molecular complexity index is 968. The molecule has 7 nitrogen and oxygen atoms in total. The number of halogens is 2. The molecule has 3 amide bonds.